The van der Waals surface area contributed by atoms with Gasteiger partial charge in [-0.1, -0.05) is 18.2 Å². The van der Waals surface area contributed by atoms with Gasteiger partial charge >= 0.3 is 0 Å². The lowest BCUT2D eigenvalue weighted by atomic mass is 10.1. The SMILES string of the molecule is CCN1C(=O)[C@@H](N)c2ccccc21. The van der Waals surface area contributed by atoms with Crippen molar-refractivity contribution in [2.24, 2.45) is 5.73 Å². The minimum absolute atomic E-state index is 0.00343. The van der Waals surface area contributed by atoms with Crippen LogP contribution in [0.5, 0.6) is 0 Å². The average molecular weight is 176 g/mol. The fourth-order valence-electron chi connectivity index (χ4n) is 1.74. The van der Waals surface area contributed by atoms with Crippen molar-refractivity contribution in [3.63, 3.8) is 0 Å². The molecule has 2 rings (SSSR count). The Morgan fingerprint density at radius 2 is 2.15 bits per heavy atom. The molecule has 1 aliphatic heterocycles. The fourth-order valence-corrected chi connectivity index (χ4v) is 1.74. The number of fused-ring (bicyclic) bond motifs is 1. The highest BCUT2D eigenvalue weighted by Gasteiger charge is 2.32. The van der Waals surface area contributed by atoms with Gasteiger partial charge in [0.2, 0.25) is 5.91 Å². The van der Waals surface area contributed by atoms with Gasteiger partial charge in [0, 0.05) is 17.8 Å². The van der Waals surface area contributed by atoms with Crippen LogP contribution in [-0.2, 0) is 4.79 Å². The van der Waals surface area contributed by atoms with E-state index in [1.807, 2.05) is 31.2 Å². The van der Waals surface area contributed by atoms with Crippen LogP contribution in [-0.4, -0.2) is 12.5 Å². The molecule has 13 heavy (non-hydrogen) atoms. The quantitative estimate of drug-likeness (QED) is 0.695. The number of amides is 1. The Hall–Kier alpha value is -1.35. The van der Waals surface area contributed by atoms with Crippen LogP contribution in [0.2, 0.25) is 0 Å². The molecule has 1 amide bonds. The minimum Gasteiger partial charge on any atom is -0.316 e. The zero-order chi connectivity index (χ0) is 9.42. The van der Waals surface area contributed by atoms with Gasteiger partial charge in [-0.25, -0.2) is 0 Å². The molecule has 1 atom stereocenters. The Balaban J connectivity index is 2.53. The molecule has 0 radical (unpaired) electrons. The highest BCUT2D eigenvalue weighted by Crippen LogP contribution is 2.33. The number of anilines is 1. The Kier molecular flexibility index (Phi) is 1.81. The maximum absolute atomic E-state index is 11.6. The summed E-state index contributed by atoms with van der Waals surface area (Å²) in [6, 6.07) is 7.21. The van der Waals surface area contributed by atoms with E-state index in [2.05, 4.69) is 0 Å². The fraction of sp³-hybridized carbons (Fsp3) is 0.300. The number of hydrogen-bond acceptors (Lipinski definition) is 2. The zero-order valence-electron chi connectivity index (χ0n) is 7.53. The van der Waals surface area contributed by atoms with Crippen LogP contribution in [0.15, 0.2) is 24.3 Å². The largest absolute Gasteiger partial charge is 0.316 e. The van der Waals surface area contributed by atoms with Crippen molar-refractivity contribution in [2.75, 3.05) is 11.4 Å². The highest BCUT2D eigenvalue weighted by molar-refractivity contribution is 6.04. The summed E-state index contributed by atoms with van der Waals surface area (Å²) in [6.07, 6.45) is 0. The van der Waals surface area contributed by atoms with Crippen molar-refractivity contribution in [1.82, 2.24) is 0 Å². The minimum atomic E-state index is -0.462. The molecule has 0 unspecified atom stereocenters. The molecule has 1 aromatic rings. The van der Waals surface area contributed by atoms with Crippen LogP contribution in [0, 0.1) is 0 Å². The van der Waals surface area contributed by atoms with Gasteiger partial charge in [0.25, 0.3) is 0 Å². The summed E-state index contributed by atoms with van der Waals surface area (Å²) in [5, 5.41) is 0. The van der Waals surface area contributed by atoms with E-state index in [0.29, 0.717) is 6.54 Å². The number of rotatable bonds is 1. The predicted molar refractivity (Wildman–Crippen MR) is 51.4 cm³/mol. The molecule has 0 spiro atoms. The number of benzene rings is 1. The van der Waals surface area contributed by atoms with Gasteiger partial charge in [-0.3, -0.25) is 4.79 Å². The maximum Gasteiger partial charge on any atom is 0.248 e. The van der Waals surface area contributed by atoms with E-state index in [0.717, 1.165) is 11.3 Å². The molecule has 3 heteroatoms. The number of para-hydroxylation sites is 1. The summed E-state index contributed by atoms with van der Waals surface area (Å²) in [4.78, 5) is 13.3. The van der Waals surface area contributed by atoms with Gasteiger partial charge in [-0.05, 0) is 13.0 Å². The summed E-state index contributed by atoms with van der Waals surface area (Å²) >= 11 is 0. The van der Waals surface area contributed by atoms with Gasteiger partial charge in [0.1, 0.15) is 6.04 Å². The number of nitrogens with two attached hydrogens (primary N) is 1. The van der Waals surface area contributed by atoms with Gasteiger partial charge in [-0.15, -0.1) is 0 Å². The third-order valence-corrected chi connectivity index (χ3v) is 2.41. The smallest absolute Gasteiger partial charge is 0.248 e. The Bertz CT molecular complexity index is 349. The number of hydrogen-bond donors (Lipinski definition) is 1. The molecule has 68 valence electrons. The van der Waals surface area contributed by atoms with Crippen molar-refractivity contribution >= 4 is 11.6 Å². The highest BCUT2D eigenvalue weighted by atomic mass is 16.2. The first kappa shape index (κ1) is 8.26. The summed E-state index contributed by atoms with van der Waals surface area (Å²) in [7, 11) is 0. The van der Waals surface area contributed by atoms with E-state index in [4.69, 9.17) is 5.73 Å². The molecule has 0 saturated heterocycles. The number of carbonyl (C=O) groups is 1. The van der Waals surface area contributed by atoms with E-state index in [-0.39, 0.29) is 5.91 Å². The lowest BCUT2D eigenvalue weighted by Crippen LogP contribution is -2.31. The van der Waals surface area contributed by atoms with Crippen LogP contribution < -0.4 is 10.6 Å². The first-order valence-electron chi connectivity index (χ1n) is 4.41. The number of likely N-dealkylation sites (N-methyl/N-ethyl adjacent to an activating group) is 1. The summed E-state index contributed by atoms with van der Waals surface area (Å²) < 4.78 is 0. The second-order valence-electron chi connectivity index (χ2n) is 3.12. The van der Waals surface area contributed by atoms with E-state index in [9.17, 15) is 4.79 Å². The summed E-state index contributed by atoms with van der Waals surface area (Å²) in [5.41, 5.74) is 7.66. The molecule has 0 aliphatic carbocycles. The summed E-state index contributed by atoms with van der Waals surface area (Å²) in [5.74, 6) is 0.00343. The Morgan fingerprint density at radius 3 is 2.85 bits per heavy atom. The van der Waals surface area contributed by atoms with Gasteiger partial charge in [0.05, 0.1) is 0 Å². The first-order chi connectivity index (χ1) is 6.25. The molecule has 1 aromatic carbocycles. The number of carbonyl (C=O) groups excluding carboxylic acids is 1. The standard InChI is InChI=1S/C10H12N2O/c1-2-12-8-6-4-3-5-7(8)9(11)10(12)13/h3-6,9H,2,11H2,1H3/t9-/m0/s1. The molecule has 1 heterocycles. The van der Waals surface area contributed by atoms with Crippen molar-refractivity contribution < 1.29 is 4.79 Å². The third kappa shape index (κ3) is 1.04. The predicted octanol–water partition coefficient (Wildman–Crippen LogP) is 1.05. The number of nitrogens with zero attached hydrogens (tertiary/aromatic N) is 1. The second kappa shape index (κ2) is 2.85. The molecule has 0 saturated carbocycles. The van der Waals surface area contributed by atoms with Crippen LogP contribution in [0.3, 0.4) is 0 Å². The normalized spacial score (nSPS) is 20.6. The van der Waals surface area contributed by atoms with Gasteiger partial charge in [0.15, 0.2) is 0 Å². The molecular formula is C10H12N2O. The van der Waals surface area contributed by atoms with Crippen molar-refractivity contribution in [3.05, 3.63) is 29.8 Å². The Labute approximate surface area is 77.1 Å². The lowest BCUT2D eigenvalue weighted by Gasteiger charge is -2.13. The zero-order valence-corrected chi connectivity index (χ0v) is 7.53. The molecule has 3 nitrogen and oxygen atoms in total. The van der Waals surface area contributed by atoms with E-state index in [1.165, 1.54) is 0 Å². The van der Waals surface area contributed by atoms with Crippen LogP contribution in [0.4, 0.5) is 5.69 Å². The molecular weight excluding hydrogens is 164 g/mol. The lowest BCUT2D eigenvalue weighted by molar-refractivity contribution is -0.119. The van der Waals surface area contributed by atoms with Gasteiger partial charge < -0.3 is 10.6 Å². The average Bonchev–Trinajstić information content (AvgIpc) is 2.41. The third-order valence-electron chi connectivity index (χ3n) is 2.41. The molecule has 0 bridgehead atoms. The van der Waals surface area contributed by atoms with Gasteiger partial charge in [-0.2, -0.15) is 0 Å². The van der Waals surface area contributed by atoms with Crippen molar-refractivity contribution in [1.29, 1.82) is 0 Å². The summed E-state index contributed by atoms with van der Waals surface area (Å²) in [6.45, 7) is 2.64. The second-order valence-corrected chi connectivity index (χ2v) is 3.12. The van der Waals surface area contributed by atoms with E-state index < -0.39 is 6.04 Å². The molecule has 2 N–H and O–H groups in total. The van der Waals surface area contributed by atoms with Crippen LogP contribution >= 0.6 is 0 Å². The maximum atomic E-state index is 11.6. The Morgan fingerprint density at radius 1 is 1.46 bits per heavy atom. The topological polar surface area (TPSA) is 46.3 Å². The molecule has 1 aliphatic rings. The van der Waals surface area contributed by atoms with Crippen LogP contribution in [0.1, 0.15) is 18.5 Å². The van der Waals surface area contributed by atoms with E-state index >= 15 is 0 Å². The van der Waals surface area contributed by atoms with Crippen LogP contribution in [0.25, 0.3) is 0 Å². The van der Waals surface area contributed by atoms with E-state index in [1.54, 1.807) is 4.90 Å². The first-order valence-corrected chi connectivity index (χ1v) is 4.41. The van der Waals surface area contributed by atoms with Crippen molar-refractivity contribution in [3.8, 4) is 0 Å². The molecule has 0 fully saturated rings. The monoisotopic (exact) mass is 176 g/mol. The molecule has 0 aromatic heterocycles. The van der Waals surface area contributed by atoms with Crippen molar-refractivity contribution in [2.45, 2.75) is 13.0 Å².